The summed E-state index contributed by atoms with van der Waals surface area (Å²) in [6.07, 6.45) is 6.60. The number of hydrogen-bond donors (Lipinski definition) is 1. The number of benzene rings is 1. The van der Waals surface area contributed by atoms with Gasteiger partial charge in [-0.25, -0.2) is 0 Å². The first kappa shape index (κ1) is 15.0. The molecule has 1 N–H and O–H groups in total. The Balaban J connectivity index is 1.45. The van der Waals surface area contributed by atoms with Gasteiger partial charge in [-0.3, -0.25) is 4.90 Å². The summed E-state index contributed by atoms with van der Waals surface area (Å²) < 4.78 is 5.23. The van der Waals surface area contributed by atoms with E-state index in [1.165, 1.54) is 36.8 Å². The van der Waals surface area contributed by atoms with Gasteiger partial charge >= 0.3 is 0 Å². The summed E-state index contributed by atoms with van der Waals surface area (Å²) >= 11 is 0. The molecule has 0 spiro atoms. The van der Waals surface area contributed by atoms with E-state index < -0.39 is 0 Å². The summed E-state index contributed by atoms with van der Waals surface area (Å²) in [6.45, 7) is 4.07. The molecule has 1 aromatic carbocycles. The molecular formula is C18H28N2O. The topological polar surface area (TPSA) is 24.5 Å². The average molecular weight is 288 g/mol. The fourth-order valence-electron chi connectivity index (χ4n) is 2.79. The molecule has 2 fully saturated rings. The number of nitrogens with one attached hydrogen (secondary N) is 1. The average Bonchev–Trinajstić information content (AvgIpc) is 3.38. The van der Waals surface area contributed by atoms with Gasteiger partial charge in [0, 0.05) is 32.3 Å². The van der Waals surface area contributed by atoms with Gasteiger partial charge in [-0.15, -0.1) is 0 Å². The Morgan fingerprint density at radius 1 is 1.10 bits per heavy atom. The third kappa shape index (κ3) is 5.10. The normalized spacial score (nSPS) is 18.4. The lowest BCUT2D eigenvalue weighted by Crippen LogP contribution is -2.29. The molecule has 0 saturated heterocycles. The minimum absolute atomic E-state index is 0.794. The van der Waals surface area contributed by atoms with E-state index in [1.54, 1.807) is 7.11 Å². The van der Waals surface area contributed by atoms with Gasteiger partial charge in [-0.1, -0.05) is 24.3 Å². The molecule has 0 heterocycles. The zero-order valence-electron chi connectivity index (χ0n) is 13.2. The Bertz CT molecular complexity index is 423. The first-order valence-corrected chi connectivity index (χ1v) is 8.39. The largest absolute Gasteiger partial charge is 0.383 e. The lowest BCUT2D eigenvalue weighted by molar-refractivity contribution is 0.139. The van der Waals surface area contributed by atoms with Gasteiger partial charge in [0.25, 0.3) is 0 Å². The van der Waals surface area contributed by atoms with Crippen molar-refractivity contribution in [3.8, 4) is 0 Å². The highest BCUT2D eigenvalue weighted by Gasteiger charge is 2.28. The van der Waals surface area contributed by atoms with Crippen LogP contribution in [0.1, 0.15) is 36.8 Å². The maximum Gasteiger partial charge on any atom is 0.0589 e. The maximum absolute atomic E-state index is 5.23. The first-order chi connectivity index (χ1) is 10.3. The van der Waals surface area contributed by atoms with Crippen LogP contribution in [0.3, 0.4) is 0 Å². The minimum atomic E-state index is 0.794. The van der Waals surface area contributed by atoms with E-state index in [0.29, 0.717) is 0 Å². The molecule has 0 unspecified atom stereocenters. The van der Waals surface area contributed by atoms with E-state index in [2.05, 4.69) is 34.5 Å². The van der Waals surface area contributed by atoms with Crippen LogP contribution in [0.2, 0.25) is 0 Å². The van der Waals surface area contributed by atoms with Crippen molar-refractivity contribution in [3.63, 3.8) is 0 Å². The van der Waals surface area contributed by atoms with Crippen LogP contribution in [0, 0.1) is 0 Å². The van der Waals surface area contributed by atoms with Crippen LogP contribution in [0.4, 0.5) is 0 Å². The van der Waals surface area contributed by atoms with E-state index in [0.717, 1.165) is 44.7 Å². The van der Waals surface area contributed by atoms with E-state index in [1.807, 2.05) is 0 Å². The predicted molar refractivity (Wildman–Crippen MR) is 86.5 cm³/mol. The highest BCUT2D eigenvalue weighted by atomic mass is 16.5. The second-order valence-electron chi connectivity index (χ2n) is 6.49. The summed E-state index contributed by atoms with van der Waals surface area (Å²) in [7, 11) is 1.79. The lowest BCUT2D eigenvalue weighted by atomic mass is 10.1. The van der Waals surface area contributed by atoms with Crippen molar-refractivity contribution in [1.82, 2.24) is 10.2 Å². The zero-order valence-corrected chi connectivity index (χ0v) is 13.2. The number of methoxy groups -OCH3 is 1. The predicted octanol–water partition coefficient (Wildman–Crippen LogP) is 2.59. The molecule has 0 aliphatic heterocycles. The Kier molecular flexibility index (Phi) is 5.28. The highest BCUT2D eigenvalue weighted by molar-refractivity contribution is 5.23. The Morgan fingerprint density at radius 3 is 2.43 bits per heavy atom. The monoisotopic (exact) mass is 288 g/mol. The highest BCUT2D eigenvalue weighted by Crippen LogP contribution is 2.28. The van der Waals surface area contributed by atoms with Crippen LogP contribution in [-0.2, 0) is 17.7 Å². The SMILES string of the molecule is COCCN(Cc1ccc(CCNC2CC2)cc1)C1CC1. The molecular weight excluding hydrogens is 260 g/mol. The second-order valence-corrected chi connectivity index (χ2v) is 6.49. The van der Waals surface area contributed by atoms with Crippen molar-refractivity contribution in [3.05, 3.63) is 35.4 Å². The van der Waals surface area contributed by atoms with Gasteiger partial charge in [0.1, 0.15) is 0 Å². The van der Waals surface area contributed by atoms with Gasteiger partial charge in [0.05, 0.1) is 6.61 Å². The van der Waals surface area contributed by atoms with Crippen molar-refractivity contribution in [2.24, 2.45) is 0 Å². The molecule has 3 nitrogen and oxygen atoms in total. The van der Waals surface area contributed by atoms with Crippen LogP contribution < -0.4 is 5.32 Å². The lowest BCUT2D eigenvalue weighted by Gasteiger charge is -2.21. The van der Waals surface area contributed by atoms with E-state index >= 15 is 0 Å². The number of ether oxygens (including phenoxy) is 1. The van der Waals surface area contributed by atoms with E-state index in [9.17, 15) is 0 Å². The van der Waals surface area contributed by atoms with Crippen LogP contribution in [-0.4, -0.2) is 43.8 Å². The third-order valence-corrected chi connectivity index (χ3v) is 4.48. The van der Waals surface area contributed by atoms with Crippen LogP contribution in [0.15, 0.2) is 24.3 Å². The molecule has 0 bridgehead atoms. The Hall–Kier alpha value is -0.900. The van der Waals surface area contributed by atoms with Gasteiger partial charge in [-0.05, 0) is 49.8 Å². The molecule has 116 valence electrons. The van der Waals surface area contributed by atoms with Gasteiger partial charge in [-0.2, -0.15) is 0 Å². The van der Waals surface area contributed by atoms with Crippen molar-refractivity contribution < 1.29 is 4.74 Å². The smallest absolute Gasteiger partial charge is 0.0589 e. The van der Waals surface area contributed by atoms with Crippen molar-refractivity contribution in [1.29, 1.82) is 0 Å². The molecule has 2 aliphatic carbocycles. The minimum Gasteiger partial charge on any atom is -0.383 e. The summed E-state index contributed by atoms with van der Waals surface area (Å²) in [4.78, 5) is 2.56. The van der Waals surface area contributed by atoms with Crippen LogP contribution in [0.25, 0.3) is 0 Å². The molecule has 0 atom stereocenters. The third-order valence-electron chi connectivity index (χ3n) is 4.48. The molecule has 2 aliphatic rings. The van der Waals surface area contributed by atoms with Crippen molar-refractivity contribution >= 4 is 0 Å². The Morgan fingerprint density at radius 2 is 1.81 bits per heavy atom. The van der Waals surface area contributed by atoms with Gasteiger partial charge in [0.2, 0.25) is 0 Å². The fraction of sp³-hybridized carbons (Fsp3) is 0.667. The Labute approximate surface area is 128 Å². The molecule has 0 radical (unpaired) electrons. The molecule has 1 aromatic rings. The van der Waals surface area contributed by atoms with Gasteiger partial charge < -0.3 is 10.1 Å². The zero-order chi connectivity index (χ0) is 14.5. The summed E-state index contributed by atoms with van der Waals surface area (Å²) in [6, 6.07) is 10.8. The van der Waals surface area contributed by atoms with Crippen LogP contribution >= 0.6 is 0 Å². The molecule has 21 heavy (non-hydrogen) atoms. The van der Waals surface area contributed by atoms with Gasteiger partial charge in [0.15, 0.2) is 0 Å². The van der Waals surface area contributed by atoms with Crippen molar-refractivity contribution in [2.45, 2.75) is 50.7 Å². The second kappa shape index (κ2) is 7.39. The van der Waals surface area contributed by atoms with Crippen molar-refractivity contribution in [2.75, 3.05) is 26.8 Å². The maximum atomic E-state index is 5.23. The standard InChI is InChI=1S/C18H28N2O/c1-21-13-12-20(18-8-9-18)14-16-4-2-15(3-5-16)10-11-19-17-6-7-17/h2-5,17-19H,6-14H2,1H3. The van der Waals surface area contributed by atoms with E-state index in [4.69, 9.17) is 4.74 Å². The van der Waals surface area contributed by atoms with Crippen LogP contribution in [0.5, 0.6) is 0 Å². The number of hydrogen-bond acceptors (Lipinski definition) is 3. The molecule has 3 heteroatoms. The molecule has 0 aromatic heterocycles. The summed E-state index contributed by atoms with van der Waals surface area (Å²) in [5, 5.41) is 3.58. The molecule has 0 amide bonds. The number of nitrogens with zero attached hydrogens (tertiary/aromatic N) is 1. The summed E-state index contributed by atoms with van der Waals surface area (Å²) in [5.41, 5.74) is 2.87. The quantitative estimate of drug-likeness (QED) is 0.716. The number of rotatable bonds is 10. The molecule has 2 saturated carbocycles. The fourth-order valence-corrected chi connectivity index (χ4v) is 2.79. The first-order valence-electron chi connectivity index (χ1n) is 8.39. The summed E-state index contributed by atoms with van der Waals surface area (Å²) in [5.74, 6) is 0. The van der Waals surface area contributed by atoms with E-state index in [-0.39, 0.29) is 0 Å². The molecule has 3 rings (SSSR count).